The fourth-order valence-corrected chi connectivity index (χ4v) is 2.54. The van der Waals surface area contributed by atoms with Gasteiger partial charge in [0, 0.05) is 25.7 Å². The second-order valence-corrected chi connectivity index (χ2v) is 5.78. The molecule has 0 saturated carbocycles. The van der Waals surface area contributed by atoms with Crippen molar-refractivity contribution >= 4 is 11.9 Å². The van der Waals surface area contributed by atoms with Crippen molar-refractivity contribution in [3.63, 3.8) is 0 Å². The fraction of sp³-hybridized carbons (Fsp3) is 0.846. The van der Waals surface area contributed by atoms with Gasteiger partial charge in [0.2, 0.25) is 5.91 Å². The van der Waals surface area contributed by atoms with Crippen molar-refractivity contribution in [3.05, 3.63) is 0 Å². The van der Waals surface area contributed by atoms with Crippen LogP contribution in [0.15, 0.2) is 0 Å². The molecule has 6 heteroatoms. The molecule has 3 N–H and O–H groups in total. The molecule has 0 spiro atoms. The molecule has 110 valence electrons. The van der Waals surface area contributed by atoms with Gasteiger partial charge in [-0.05, 0) is 25.8 Å². The molecule has 0 aromatic heterocycles. The lowest BCUT2D eigenvalue weighted by atomic mass is 10.1. The number of nitrogens with one attached hydrogen (secondary N) is 1. The monoisotopic (exact) mass is 270 g/mol. The number of amides is 3. The third kappa shape index (κ3) is 5.92. The summed E-state index contributed by atoms with van der Waals surface area (Å²) in [5, 5.41) is 2.68. The van der Waals surface area contributed by atoms with Crippen LogP contribution in [0.1, 0.15) is 26.7 Å². The van der Waals surface area contributed by atoms with E-state index in [2.05, 4.69) is 19.2 Å². The van der Waals surface area contributed by atoms with Crippen LogP contribution < -0.4 is 11.1 Å². The maximum Gasteiger partial charge on any atom is 0.312 e. The highest BCUT2D eigenvalue weighted by Gasteiger charge is 2.24. The molecule has 1 heterocycles. The minimum absolute atomic E-state index is 0.00870. The molecule has 0 bridgehead atoms. The van der Waals surface area contributed by atoms with E-state index < -0.39 is 6.03 Å². The first-order valence-corrected chi connectivity index (χ1v) is 6.90. The molecule has 1 aliphatic heterocycles. The summed E-state index contributed by atoms with van der Waals surface area (Å²) in [5.41, 5.74) is 5.12. The number of carbonyl (C=O) groups is 2. The predicted molar refractivity (Wildman–Crippen MR) is 74.7 cm³/mol. The third-order valence-electron chi connectivity index (χ3n) is 3.20. The molecule has 0 aromatic rings. The number of rotatable bonds is 5. The first-order chi connectivity index (χ1) is 8.88. The van der Waals surface area contributed by atoms with Crippen molar-refractivity contribution in [2.75, 3.05) is 33.2 Å². The van der Waals surface area contributed by atoms with Gasteiger partial charge >= 0.3 is 6.03 Å². The van der Waals surface area contributed by atoms with Crippen molar-refractivity contribution < 1.29 is 9.59 Å². The zero-order chi connectivity index (χ0) is 14.4. The van der Waals surface area contributed by atoms with E-state index in [1.165, 1.54) is 0 Å². The van der Waals surface area contributed by atoms with Crippen molar-refractivity contribution in [1.82, 2.24) is 15.1 Å². The van der Waals surface area contributed by atoms with E-state index in [0.717, 1.165) is 25.9 Å². The third-order valence-corrected chi connectivity index (χ3v) is 3.20. The largest absolute Gasteiger partial charge is 0.352 e. The maximum absolute atomic E-state index is 12.2. The summed E-state index contributed by atoms with van der Waals surface area (Å²) in [7, 11) is 1.96. The van der Waals surface area contributed by atoms with Gasteiger partial charge < -0.3 is 16.0 Å². The molecule has 1 saturated heterocycles. The number of primary amides is 1. The standard InChI is InChI=1S/C13H26N4O2/c1-10(2)7-16(3)9-12(18)17-6-4-5-11(8-17)15-13(14)19/h10-11H,4-9H2,1-3H3,(H3,14,15,19). The van der Waals surface area contributed by atoms with Crippen LogP contribution in [0.3, 0.4) is 0 Å². The van der Waals surface area contributed by atoms with Crippen LogP contribution in [0, 0.1) is 5.92 Å². The molecule has 0 radical (unpaired) electrons. The average Bonchev–Trinajstić information content (AvgIpc) is 2.27. The van der Waals surface area contributed by atoms with Gasteiger partial charge in [0.1, 0.15) is 0 Å². The van der Waals surface area contributed by atoms with Gasteiger partial charge in [-0.15, -0.1) is 0 Å². The Morgan fingerprint density at radius 2 is 2.16 bits per heavy atom. The Bertz CT molecular complexity index is 320. The van der Waals surface area contributed by atoms with Crippen LogP contribution in [0.5, 0.6) is 0 Å². The second-order valence-electron chi connectivity index (χ2n) is 5.78. The Morgan fingerprint density at radius 1 is 1.47 bits per heavy atom. The Morgan fingerprint density at radius 3 is 2.74 bits per heavy atom. The van der Waals surface area contributed by atoms with E-state index in [4.69, 9.17) is 5.73 Å². The Balaban J connectivity index is 2.41. The van der Waals surface area contributed by atoms with Crippen LogP contribution in [-0.2, 0) is 4.79 Å². The smallest absolute Gasteiger partial charge is 0.312 e. The van der Waals surface area contributed by atoms with E-state index in [0.29, 0.717) is 19.0 Å². The predicted octanol–water partition coefficient (Wildman–Crippen LogP) is 0.234. The van der Waals surface area contributed by atoms with Gasteiger partial charge in [-0.1, -0.05) is 13.8 Å². The highest BCUT2D eigenvalue weighted by atomic mass is 16.2. The first kappa shape index (κ1) is 15.8. The summed E-state index contributed by atoms with van der Waals surface area (Å²) in [4.78, 5) is 26.9. The van der Waals surface area contributed by atoms with Crippen molar-refractivity contribution in [2.24, 2.45) is 11.7 Å². The molecule has 1 unspecified atom stereocenters. The summed E-state index contributed by atoms with van der Waals surface area (Å²) >= 11 is 0. The SMILES string of the molecule is CC(C)CN(C)CC(=O)N1CCCC(NC(N)=O)C1. The summed E-state index contributed by atoms with van der Waals surface area (Å²) in [6.45, 7) is 6.94. The second kappa shape index (κ2) is 7.33. The summed E-state index contributed by atoms with van der Waals surface area (Å²) in [5.74, 6) is 0.669. The minimum atomic E-state index is -0.517. The Hall–Kier alpha value is -1.30. The van der Waals surface area contributed by atoms with E-state index in [9.17, 15) is 9.59 Å². The van der Waals surface area contributed by atoms with E-state index in [-0.39, 0.29) is 11.9 Å². The number of hydrogen-bond donors (Lipinski definition) is 2. The number of nitrogens with zero attached hydrogens (tertiary/aromatic N) is 2. The van der Waals surface area contributed by atoms with Crippen LogP contribution in [-0.4, -0.2) is 61.0 Å². The minimum Gasteiger partial charge on any atom is -0.352 e. The van der Waals surface area contributed by atoms with E-state index in [1.54, 1.807) is 0 Å². The molecule has 1 rings (SSSR count). The highest BCUT2D eigenvalue weighted by Crippen LogP contribution is 2.10. The van der Waals surface area contributed by atoms with Crippen LogP contribution in [0.2, 0.25) is 0 Å². The van der Waals surface area contributed by atoms with Crippen LogP contribution in [0.25, 0.3) is 0 Å². The number of piperidine rings is 1. The summed E-state index contributed by atoms with van der Waals surface area (Å²) < 4.78 is 0. The fourth-order valence-electron chi connectivity index (χ4n) is 2.54. The molecule has 3 amide bonds. The van der Waals surface area contributed by atoms with Gasteiger partial charge in [0.05, 0.1) is 6.54 Å². The summed E-state index contributed by atoms with van der Waals surface area (Å²) in [6.07, 6.45) is 1.79. The number of likely N-dealkylation sites (tertiary alicyclic amines) is 1. The number of carbonyl (C=O) groups excluding carboxylic acids is 2. The van der Waals surface area contributed by atoms with Crippen molar-refractivity contribution in [2.45, 2.75) is 32.7 Å². The zero-order valence-corrected chi connectivity index (χ0v) is 12.2. The maximum atomic E-state index is 12.2. The molecule has 1 aliphatic rings. The zero-order valence-electron chi connectivity index (χ0n) is 12.2. The van der Waals surface area contributed by atoms with Crippen LogP contribution >= 0.6 is 0 Å². The Labute approximate surface area is 115 Å². The average molecular weight is 270 g/mol. The molecule has 1 atom stereocenters. The molecule has 1 fully saturated rings. The first-order valence-electron chi connectivity index (χ1n) is 6.90. The van der Waals surface area contributed by atoms with Gasteiger partial charge in [-0.2, -0.15) is 0 Å². The van der Waals surface area contributed by atoms with Crippen LogP contribution in [0.4, 0.5) is 4.79 Å². The normalized spacial score (nSPS) is 19.8. The molecular formula is C13H26N4O2. The number of likely N-dealkylation sites (N-methyl/N-ethyl adjacent to an activating group) is 1. The lowest BCUT2D eigenvalue weighted by Crippen LogP contribution is -2.52. The topological polar surface area (TPSA) is 78.7 Å². The van der Waals surface area contributed by atoms with Gasteiger partial charge in [0.15, 0.2) is 0 Å². The summed E-state index contributed by atoms with van der Waals surface area (Å²) in [6, 6.07) is -0.526. The molecule has 0 aromatic carbocycles. The molecule has 0 aliphatic carbocycles. The van der Waals surface area contributed by atoms with E-state index >= 15 is 0 Å². The van der Waals surface area contributed by atoms with Gasteiger partial charge in [-0.3, -0.25) is 9.69 Å². The quantitative estimate of drug-likeness (QED) is 0.751. The lowest BCUT2D eigenvalue weighted by Gasteiger charge is -2.34. The number of nitrogens with two attached hydrogens (primary N) is 1. The Kier molecular flexibility index (Phi) is 6.08. The highest BCUT2D eigenvalue weighted by molar-refractivity contribution is 5.78. The molecular weight excluding hydrogens is 244 g/mol. The van der Waals surface area contributed by atoms with Crippen molar-refractivity contribution in [1.29, 1.82) is 0 Å². The van der Waals surface area contributed by atoms with Gasteiger partial charge in [0.25, 0.3) is 0 Å². The molecule has 19 heavy (non-hydrogen) atoms. The molecule has 6 nitrogen and oxygen atoms in total. The number of urea groups is 1. The van der Waals surface area contributed by atoms with E-state index in [1.807, 2.05) is 16.8 Å². The lowest BCUT2D eigenvalue weighted by molar-refractivity contribution is -0.133. The van der Waals surface area contributed by atoms with Crippen molar-refractivity contribution in [3.8, 4) is 0 Å². The number of hydrogen-bond acceptors (Lipinski definition) is 3. The van der Waals surface area contributed by atoms with Gasteiger partial charge in [-0.25, -0.2) is 4.79 Å².